The average Bonchev–Trinajstić information content (AvgIpc) is 3.03. The van der Waals surface area contributed by atoms with Crippen molar-refractivity contribution in [1.82, 2.24) is 5.32 Å². The van der Waals surface area contributed by atoms with E-state index in [4.69, 9.17) is 9.47 Å². The minimum Gasteiger partial charge on any atom is -0.491 e. The van der Waals surface area contributed by atoms with Gasteiger partial charge in [0.25, 0.3) is 0 Å². The van der Waals surface area contributed by atoms with E-state index in [1.54, 1.807) is 0 Å². The van der Waals surface area contributed by atoms with Crippen LogP contribution in [0.1, 0.15) is 56.9 Å². The monoisotopic (exact) mass is 365 g/mol. The van der Waals surface area contributed by atoms with Gasteiger partial charge in [-0.3, -0.25) is 0 Å². The maximum Gasteiger partial charge on any atom is 0.123 e. The molecule has 1 N–H and O–H groups in total. The van der Waals surface area contributed by atoms with Gasteiger partial charge in [-0.15, -0.1) is 0 Å². The van der Waals surface area contributed by atoms with E-state index in [9.17, 15) is 0 Å². The van der Waals surface area contributed by atoms with E-state index in [1.807, 2.05) is 30.3 Å². The molecule has 3 nitrogen and oxygen atoms in total. The van der Waals surface area contributed by atoms with E-state index in [-0.39, 0.29) is 11.7 Å². The molecule has 27 heavy (non-hydrogen) atoms. The molecule has 0 bridgehead atoms. The molecule has 2 aliphatic rings. The van der Waals surface area contributed by atoms with Crippen molar-refractivity contribution in [2.45, 2.75) is 63.1 Å². The Morgan fingerprint density at radius 2 is 1.89 bits per heavy atom. The van der Waals surface area contributed by atoms with E-state index in [0.29, 0.717) is 5.92 Å². The van der Waals surface area contributed by atoms with Crippen molar-refractivity contribution in [2.75, 3.05) is 13.1 Å². The first-order valence-electron chi connectivity index (χ1n) is 10.5. The van der Waals surface area contributed by atoms with Gasteiger partial charge in [0.2, 0.25) is 0 Å². The molecule has 0 radical (unpaired) electrons. The molecule has 1 fully saturated rings. The number of nitrogens with one attached hydrogen (secondary N) is 1. The molecule has 1 heterocycles. The average molecular weight is 366 g/mol. The van der Waals surface area contributed by atoms with Gasteiger partial charge in [0.15, 0.2) is 0 Å². The number of hydrogen-bond donors (Lipinski definition) is 1. The summed E-state index contributed by atoms with van der Waals surface area (Å²) in [5.74, 6) is 2.64. The fraction of sp³-hybridized carbons (Fsp3) is 0.500. The highest BCUT2D eigenvalue weighted by Gasteiger charge is 2.48. The van der Waals surface area contributed by atoms with Crippen molar-refractivity contribution in [3.8, 4) is 11.5 Å². The molecule has 0 spiro atoms. The Morgan fingerprint density at radius 3 is 2.78 bits per heavy atom. The van der Waals surface area contributed by atoms with Crippen molar-refractivity contribution in [3.05, 3.63) is 60.2 Å². The first kappa shape index (κ1) is 18.4. The molecule has 0 aromatic heterocycles. The van der Waals surface area contributed by atoms with E-state index in [1.165, 1.54) is 31.2 Å². The van der Waals surface area contributed by atoms with Crippen molar-refractivity contribution < 1.29 is 9.47 Å². The number of para-hydroxylation sites is 2. The van der Waals surface area contributed by atoms with Crippen LogP contribution in [0.2, 0.25) is 0 Å². The molecule has 1 aliphatic heterocycles. The Bertz CT molecular complexity index is 732. The second kappa shape index (κ2) is 8.35. The molecule has 3 atom stereocenters. The number of rotatable bonds is 8. The maximum absolute atomic E-state index is 6.54. The van der Waals surface area contributed by atoms with Crippen LogP contribution in [0, 0.1) is 0 Å². The van der Waals surface area contributed by atoms with Crippen LogP contribution in [0.15, 0.2) is 54.6 Å². The second-order valence-corrected chi connectivity index (χ2v) is 8.03. The molecule has 2 aromatic rings. The molecular weight excluding hydrogens is 334 g/mol. The molecular formula is C24H31NO2. The van der Waals surface area contributed by atoms with Crippen LogP contribution in [0.3, 0.4) is 0 Å². The van der Waals surface area contributed by atoms with Gasteiger partial charge in [-0.25, -0.2) is 0 Å². The molecule has 4 rings (SSSR count). The normalized spacial score (nSPS) is 24.6. The summed E-state index contributed by atoms with van der Waals surface area (Å²) in [4.78, 5) is 0. The van der Waals surface area contributed by atoms with Crippen LogP contribution >= 0.6 is 0 Å². The van der Waals surface area contributed by atoms with Crippen molar-refractivity contribution in [3.63, 3.8) is 0 Å². The first-order valence-corrected chi connectivity index (χ1v) is 10.5. The molecule has 3 unspecified atom stereocenters. The summed E-state index contributed by atoms with van der Waals surface area (Å²) in [6.07, 6.45) is 7.36. The lowest BCUT2D eigenvalue weighted by molar-refractivity contribution is 0.0275. The predicted molar refractivity (Wildman–Crippen MR) is 110 cm³/mol. The second-order valence-electron chi connectivity index (χ2n) is 8.03. The number of ether oxygens (including phenoxy) is 2. The molecule has 2 aromatic carbocycles. The van der Waals surface area contributed by atoms with Gasteiger partial charge in [0.05, 0.1) is 6.10 Å². The Hall–Kier alpha value is -2.00. The number of fused-ring (bicyclic) bond motifs is 3. The lowest BCUT2D eigenvalue weighted by Gasteiger charge is -2.38. The summed E-state index contributed by atoms with van der Waals surface area (Å²) in [5.41, 5.74) is 1.45. The number of hydrogen-bond acceptors (Lipinski definition) is 3. The van der Waals surface area contributed by atoms with Crippen LogP contribution in [0.4, 0.5) is 0 Å². The molecule has 0 amide bonds. The molecule has 144 valence electrons. The third kappa shape index (κ3) is 4.14. The van der Waals surface area contributed by atoms with Gasteiger partial charge in [0, 0.05) is 17.9 Å². The Morgan fingerprint density at radius 1 is 1.07 bits per heavy atom. The van der Waals surface area contributed by atoms with Gasteiger partial charge < -0.3 is 14.8 Å². The summed E-state index contributed by atoms with van der Waals surface area (Å²) in [7, 11) is 0. The molecule has 0 saturated heterocycles. The summed E-state index contributed by atoms with van der Waals surface area (Å²) >= 11 is 0. The first-order chi connectivity index (χ1) is 13.3. The van der Waals surface area contributed by atoms with Gasteiger partial charge >= 0.3 is 0 Å². The van der Waals surface area contributed by atoms with Crippen molar-refractivity contribution in [1.29, 1.82) is 0 Å². The smallest absolute Gasteiger partial charge is 0.123 e. The maximum atomic E-state index is 6.54. The largest absolute Gasteiger partial charge is 0.491 e. The Balaban J connectivity index is 1.24. The van der Waals surface area contributed by atoms with E-state index in [2.05, 4.69) is 36.5 Å². The zero-order valence-corrected chi connectivity index (χ0v) is 16.3. The summed E-state index contributed by atoms with van der Waals surface area (Å²) in [6, 6.07) is 18.7. The highest BCUT2D eigenvalue weighted by molar-refractivity contribution is 5.43. The van der Waals surface area contributed by atoms with Crippen LogP contribution in [0.5, 0.6) is 11.5 Å². The van der Waals surface area contributed by atoms with Crippen molar-refractivity contribution in [2.24, 2.45) is 0 Å². The lowest BCUT2D eigenvalue weighted by atomic mass is 9.72. The van der Waals surface area contributed by atoms with Crippen LogP contribution in [-0.2, 0) is 0 Å². The fourth-order valence-corrected chi connectivity index (χ4v) is 4.72. The highest BCUT2D eigenvalue weighted by atomic mass is 16.5. The van der Waals surface area contributed by atoms with Gasteiger partial charge in [0.1, 0.15) is 17.1 Å². The minimum absolute atomic E-state index is 0.0150. The Kier molecular flexibility index (Phi) is 5.68. The highest BCUT2D eigenvalue weighted by Crippen LogP contribution is 2.53. The standard InChI is InChI=1S/C24H31NO2/c1-19(26-20-9-3-2-4-10-20)14-17-25-18-16-24-15-8-7-12-22(24)21-11-5-6-13-23(21)27-24/h2-6,9-11,13,19,22,25H,7-8,12,14-18H2,1H3. The third-order valence-corrected chi connectivity index (χ3v) is 6.12. The Labute approximate surface area is 163 Å². The van der Waals surface area contributed by atoms with E-state index < -0.39 is 0 Å². The van der Waals surface area contributed by atoms with Crippen LogP contribution < -0.4 is 14.8 Å². The SMILES string of the molecule is CC(CCNCCC12CCCCC1c1ccccc1O2)Oc1ccccc1. The lowest BCUT2D eigenvalue weighted by Crippen LogP contribution is -2.43. The summed E-state index contributed by atoms with van der Waals surface area (Å²) in [6.45, 7) is 4.12. The van der Waals surface area contributed by atoms with Gasteiger partial charge in [-0.05, 0) is 63.9 Å². The van der Waals surface area contributed by atoms with Gasteiger partial charge in [-0.1, -0.05) is 42.8 Å². The summed E-state index contributed by atoms with van der Waals surface area (Å²) in [5, 5.41) is 3.62. The molecule has 1 aliphatic carbocycles. The zero-order chi connectivity index (χ0) is 18.5. The van der Waals surface area contributed by atoms with Crippen LogP contribution in [-0.4, -0.2) is 24.8 Å². The zero-order valence-electron chi connectivity index (χ0n) is 16.3. The van der Waals surface area contributed by atoms with Crippen LogP contribution in [0.25, 0.3) is 0 Å². The quantitative estimate of drug-likeness (QED) is 0.643. The molecule has 3 heteroatoms. The molecule has 1 saturated carbocycles. The van der Waals surface area contributed by atoms with E-state index in [0.717, 1.165) is 37.4 Å². The van der Waals surface area contributed by atoms with Gasteiger partial charge in [-0.2, -0.15) is 0 Å². The number of benzene rings is 2. The topological polar surface area (TPSA) is 30.5 Å². The summed E-state index contributed by atoms with van der Waals surface area (Å²) < 4.78 is 12.5. The van der Waals surface area contributed by atoms with Crippen molar-refractivity contribution >= 4 is 0 Å². The minimum atomic E-state index is 0.0150. The van der Waals surface area contributed by atoms with E-state index >= 15 is 0 Å². The fourth-order valence-electron chi connectivity index (χ4n) is 4.72. The third-order valence-electron chi connectivity index (χ3n) is 6.12. The predicted octanol–water partition coefficient (Wildman–Crippen LogP) is 5.31.